The Labute approximate surface area is 178 Å². The lowest BCUT2D eigenvalue weighted by molar-refractivity contribution is -0.154. The molecule has 1 aliphatic heterocycles. The molecular weight excluding hydrogens is 374 g/mol. The average Bonchev–Trinajstić information content (AvgIpc) is 3.26. The Kier molecular flexibility index (Phi) is 4.81. The predicted octanol–water partition coefficient (Wildman–Crippen LogP) is 4.07. The molecule has 30 heavy (non-hydrogen) atoms. The molecule has 2 aromatic rings. The second kappa shape index (κ2) is 7.38. The molecule has 158 valence electrons. The zero-order chi connectivity index (χ0) is 21.0. The van der Waals surface area contributed by atoms with E-state index >= 15 is 0 Å². The molecule has 1 aromatic carbocycles. The van der Waals surface area contributed by atoms with Gasteiger partial charge in [0.25, 0.3) is 5.91 Å². The second-order valence-corrected chi connectivity index (χ2v) is 9.52. The van der Waals surface area contributed by atoms with Crippen molar-refractivity contribution in [3.05, 3.63) is 58.9 Å². The number of carbonyl (C=O) groups is 2. The van der Waals surface area contributed by atoms with Crippen LogP contribution in [0.2, 0.25) is 0 Å². The highest BCUT2D eigenvalue weighted by molar-refractivity contribution is 6.08. The Bertz CT molecular complexity index is 964. The lowest BCUT2D eigenvalue weighted by atomic mass is 9.59. The minimum absolute atomic E-state index is 0.00166. The number of rotatable bonds is 4. The highest BCUT2D eigenvalue weighted by atomic mass is 16.2. The number of imide groups is 1. The lowest BCUT2D eigenvalue weighted by Gasteiger charge is -2.43. The van der Waals surface area contributed by atoms with Gasteiger partial charge in [0.05, 0.1) is 11.8 Å². The molecule has 5 rings (SSSR count). The van der Waals surface area contributed by atoms with Crippen molar-refractivity contribution in [3.63, 3.8) is 0 Å². The number of hydrogen-bond acceptors (Lipinski definition) is 3. The minimum Gasteiger partial charge on any atom is -0.361 e. The normalized spacial score (nSPS) is 30.4. The first-order valence-electron chi connectivity index (χ1n) is 11.3. The van der Waals surface area contributed by atoms with E-state index in [1.54, 1.807) is 19.1 Å². The van der Waals surface area contributed by atoms with Crippen LogP contribution in [0.3, 0.4) is 0 Å². The molecule has 0 radical (unpaired) electrons. The summed E-state index contributed by atoms with van der Waals surface area (Å²) in [5, 5.41) is 3.05. The number of H-pyrrole nitrogens is 1. The first-order chi connectivity index (χ1) is 14.5. The first kappa shape index (κ1) is 19.6. The van der Waals surface area contributed by atoms with Gasteiger partial charge in [-0.15, -0.1) is 0 Å². The molecular formula is C25H31N3O2. The summed E-state index contributed by atoms with van der Waals surface area (Å²) >= 11 is 0. The molecule has 2 aliphatic carbocycles. The van der Waals surface area contributed by atoms with Crippen molar-refractivity contribution in [1.29, 1.82) is 0 Å². The van der Waals surface area contributed by atoms with E-state index in [1.807, 2.05) is 6.07 Å². The molecule has 2 fully saturated rings. The van der Waals surface area contributed by atoms with E-state index in [-0.39, 0.29) is 29.6 Å². The van der Waals surface area contributed by atoms with Crippen LogP contribution in [0.25, 0.3) is 0 Å². The SMILES string of the molecule is CCC1CC[C@H]2c3[nH]c(Cc4ccccc4)cc3[C@H]3C(=O)N(N(C)C)C(=O)[C@H]3[C@H]2C1. The van der Waals surface area contributed by atoms with Crippen molar-refractivity contribution < 1.29 is 9.59 Å². The molecule has 2 amide bonds. The number of amides is 2. The molecule has 2 heterocycles. The zero-order valence-electron chi connectivity index (χ0n) is 18.1. The summed E-state index contributed by atoms with van der Waals surface area (Å²) in [5.41, 5.74) is 4.70. The molecule has 1 unspecified atom stereocenters. The van der Waals surface area contributed by atoms with Gasteiger partial charge in [0, 0.05) is 37.8 Å². The zero-order valence-corrected chi connectivity index (χ0v) is 18.1. The van der Waals surface area contributed by atoms with Crippen LogP contribution in [0, 0.1) is 17.8 Å². The van der Waals surface area contributed by atoms with Crippen molar-refractivity contribution in [1.82, 2.24) is 15.0 Å². The van der Waals surface area contributed by atoms with Crippen LogP contribution < -0.4 is 0 Å². The second-order valence-electron chi connectivity index (χ2n) is 9.52. The Morgan fingerprint density at radius 2 is 1.87 bits per heavy atom. The summed E-state index contributed by atoms with van der Waals surface area (Å²) in [4.78, 5) is 30.5. The maximum atomic E-state index is 13.4. The van der Waals surface area contributed by atoms with Gasteiger partial charge in [-0.05, 0) is 48.3 Å². The Morgan fingerprint density at radius 1 is 1.10 bits per heavy atom. The third-order valence-corrected chi connectivity index (χ3v) is 7.65. The van der Waals surface area contributed by atoms with Crippen molar-refractivity contribution in [3.8, 4) is 0 Å². The van der Waals surface area contributed by atoms with E-state index < -0.39 is 0 Å². The van der Waals surface area contributed by atoms with E-state index in [9.17, 15) is 9.59 Å². The molecule has 5 heteroatoms. The molecule has 1 saturated heterocycles. The van der Waals surface area contributed by atoms with Crippen LogP contribution in [-0.2, 0) is 16.0 Å². The maximum Gasteiger partial charge on any atom is 0.252 e. The quantitative estimate of drug-likeness (QED) is 0.780. The summed E-state index contributed by atoms with van der Waals surface area (Å²) < 4.78 is 0. The maximum absolute atomic E-state index is 13.4. The van der Waals surface area contributed by atoms with Crippen LogP contribution in [-0.4, -0.2) is 40.9 Å². The number of aromatic amines is 1. The topological polar surface area (TPSA) is 56.4 Å². The van der Waals surface area contributed by atoms with E-state index in [0.717, 1.165) is 36.9 Å². The van der Waals surface area contributed by atoms with Crippen molar-refractivity contribution in [2.45, 2.75) is 50.9 Å². The predicted molar refractivity (Wildman–Crippen MR) is 116 cm³/mol. The molecule has 0 spiro atoms. The summed E-state index contributed by atoms with van der Waals surface area (Å²) in [6.07, 6.45) is 5.33. The largest absolute Gasteiger partial charge is 0.361 e. The number of fused-ring (bicyclic) bond motifs is 6. The first-order valence-corrected chi connectivity index (χ1v) is 11.3. The molecule has 5 atom stereocenters. The number of hydrogen-bond donors (Lipinski definition) is 1. The van der Waals surface area contributed by atoms with Gasteiger partial charge in [-0.2, -0.15) is 0 Å². The lowest BCUT2D eigenvalue weighted by Crippen LogP contribution is -2.43. The summed E-state index contributed by atoms with van der Waals surface area (Å²) in [7, 11) is 3.58. The average molecular weight is 406 g/mol. The molecule has 1 N–H and O–H groups in total. The van der Waals surface area contributed by atoms with E-state index in [2.05, 4.69) is 42.2 Å². The third-order valence-electron chi connectivity index (χ3n) is 7.65. The monoisotopic (exact) mass is 405 g/mol. The number of aromatic nitrogens is 1. The molecule has 0 bridgehead atoms. The van der Waals surface area contributed by atoms with Gasteiger partial charge in [-0.3, -0.25) is 9.59 Å². The Balaban J connectivity index is 1.58. The Hall–Kier alpha value is -2.40. The van der Waals surface area contributed by atoms with Crippen LogP contribution in [0.4, 0.5) is 0 Å². The van der Waals surface area contributed by atoms with E-state index in [0.29, 0.717) is 11.8 Å². The van der Waals surface area contributed by atoms with Crippen LogP contribution in [0.1, 0.15) is 67.0 Å². The van der Waals surface area contributed by atoms with Crippen molar-refractivity contribution in [2.24, 2.45) is 17.8 Å². The fourth-order valence-electron chi connectivity index (χ4n) is 6.27. The van der Waals surface area contributed by atoms with Crippen LogP contribution in [0.5, 0.6) is 0 Å². The van der Waals surface area contributed by atoms with Gasteiger partial charge in [0.2, 0.25) is 5.91 Å². The fourth-order valence-corrected chi connectivity index (χ4v) is 6.27. The standard InChI is InChI=1S/C25H31N3O2/c1-4-15-10-11-18-19(13-15)21-22(25(30)28(24(21)29)27(2)3)20-14-17(26-23(18)20)12-16-8-6-5-7-9-16/h5-9,14-15,18-19,21-22,26H,4,10-13H2,1-3H3/t15?,18-,19+,21+,22-/m1/s1. The summed E-state index contributed by atoms with van der Waals surface area (Å²) in [5.74, 6) is 0.651. The van der Waals surface area contributed by atoms with E-state index in [4.69, 9.17) is 0 Å². The smallest absolute Gasteiger partial charge is 0.252 e. The molecule has 3 aliphatic rings. The number of nitrogens with one attached hydrogen (secondary N) is 1. The van der Waals surface area contributed by atoms with Gasteiger partial charge in [-0.25, -0.2) is 10.0 Å². The number of nitrogens with zero attached hydrogens (tertiary/aromatic N) is 2. The van der Waals surface area contributed by atoms with Gasteiger partial charge in [0.1, 0.15) is 0 Å². The number of carbonyl (C=O) groups excluding carboxylic acids is 2. The van der Waals surface area contributed by atoms with Gasteiger partial charge in [-0.1, -0.05) is 43.7 Å². The fraction of sp³-hybridized carbons (Fsp3) is 0.520. The highest BCUT2D eigenvalue weighted by Crippen LogP contribution is 2.57. The van der Waals surface area contributed by atoms with E-state index in [1.165, 1.54) is 22.7 Å². The number of benzene rings is 1. The van der Waals surface area contributed by atoms with Gasteiger partial charge < -0.3 is 4.98 Å². The van der Waals surface area contributed by atoms with Crippen molar-refractivity contribution >= 4 is 11.8 Å². The summed E-state index contributed by atoms with van der Waals surface area (Å²) in [6.45, 7) is 2.25. The highest BCUT2D eigenvalue weighted by Gasteiger charge is 2.58. The minimum atomic E-state index is -0.340. The summed E-state index contributed by atoms with van der Waals surface area (Å²) in [6, 6.07) is 12.6. The molecule has 5 nitrogen and oxygen atoms in total. The molecule has 1 aromatic heterocycles. The molecule has 1 saturated carbocycles. The third kappa shape index (κ3) is 2.94. The van der Waals surface area contributed by atoms with Crippen LogP contribution in [0.15, 0.2) is 36.4 Å². The van der Waals surface area contributed by atoms with Crippen molar-refractivity contribution in [2.75, 3.05) is 14.1 Å². The van der Waals surface area contributed by atoms with Gasteiger partial charge >= 0.3 is 0 Å². The number of hydrazine groups is 1. The Morgan fingerprint density at radius 3 is 2.57 bits per heavy atom. The van der Waals surface area contributed by atoms with Gasteiger partial charge in [0.15, 0.2) is 0 Å². The van der Waals surface area contributed by atoms with Crippen LogP contribution >= 0.6 is 0 Å².